The number of aromatic hydroxyl groups is 2. The average molecular weight is 196 g/mol. The predicted molar refractivity (Wildman–Crippen MR) is 50.9 cm³/mol. The molecule has 0 aliphatic heterocycles. The molecule has 1 rings (SSSR count). The fraction of sp³-hybridized carbons (Fsp3) is 0.300. The van der Waals surface area contributed by atoms with Gasteiger partial charge in [0.1, 0.15) is 5.75 Å². The van der Waals surface area contributed by atoms with Crippen molar-refractivity contribution in [2.24, 2.45) is 0 Å². The van der Waals surface area contributed by atoms with Crippen LogP contribution in [0.15, 0.2) is 12.1 Å². The molecule has 0 amide bonds. The molecule has 0 atom stereocenters. The summed E-state index contributed by atoms with van der Waals surface area (Å²) in [5.41, 5.74) is 0.116. The second-order valence-electron chi connectivity index (χ2n) is 2.82. The highest BCUT2D eigenvalue weighted by Gasteiger charge is 2.13. The Bertz CT molecular complexity index is 357. The van der Waals surface area contributed by atoms with Crippen molar-refractivity contribution in [3.63, 3.8) is 0 Å². The molecule has 0 bridgehead atoms. The standard InChI is InChI=1S/C10H12O4/c1-3-7(11)6-4-9(13)10(14-2)5-8(6)12/h4-5,12-13H,3H2,1-2H3. The smallest absolute Gasteiger partial charge is 0.166 e. The Morgan fingerprint density at radius 2 is 2.00 bits per heavy atom. The Morgan fingerprint density at radius 3 is 2.50 bits per heavy atom. The Balaban J connectivity index is 3.21. The number of ether oxygens (including phenoxy) is 1. The van der Waals surface area contributed by atoms with Crippen molar-refractivity contribution >= 4 is 5.78 Å². The monoisotopic (exact) mass is 196 g/mol. The maximum Gasteiger partial charge on any atom is 0.166 e. The van der Waals surface area contributed by atoms with Crippen LogP contribution in [0.5, 0.6) is 17.2 Å². The second-order valence-corrected chi connectivity index (χ2v) is 2.82. The van der Waals surface area contributed by atoms with E-state index in [0.717, 1.165) is 0 Å². The number of ketones is 1. The molecule has 0 aliphatic rings. The van der Waals surface area contributed by atoms with Crippen LogP contribution in [0, 0.1) is 0 Å². The summed E-state index contributed by atoms with van der Waals surface area (Å²) in [6.45, 7) is 1.68. The van der Waals surface area contributed by atoms with Crippen molar-refractivity contribution in [3.8, 4) is 17.2 Å². The molecule has 2 N–H and O–H groups in total. The lowest BCUT2D eigenvalue weighted by Crippen LogP contribution is -1.97. The van der Waals surface area contributed by atoms with Crippen LogP contribution in [0.1, 0.15) is 23.7 Å². The maximum absolute atomic E-state index is 11.3. The van der Waals surface area contributed by atoms with E-state index in [1.54, 1.807) is 6.92 Å². The number of phenols is 2. The number of Topliss-reactive ketones (excluding diaryl/α,β-unsaturated/α-hetero) is 1. The van der Waals surface area contributed by atoms with Crippen LogP contribution in [0.4, 0.5) is 0 Å². The molecule has 0 aromatic heterocycles. The summed E-state index contributed by atoms with van der Waals surface area (Å²) >= 11 is 0. The molecule has 0 heterocycles. The minimum absolute atomic E-state index is 0.116. The fourth-order valence-corrected chi connectivity index (χ4v) is 1.13. The largest absolute Gasteiger partial charge is 0.507 e. The van der Waals surface area contributed by atoms with Gasteiger partial charge in [0.05, 0.1) is 12.7 Å². The van der Waals surface area contributed by atoms with Gasteiger partial charge in [-0.05, 0) is 6.07 Å². The Kier molecular flexibility index (Phi) is 2.96. The minimum atomic E-state index is -0.222. The Morgan fingerprint density at radius 1 is 1.36 bits per heavy atom. The van der Waals surface area contributed by atoms with Gasteiger partial charge in [-0.1, -0.05) is 6.92 Å². The topological polar surface area (TPSA) is 66.8 Å². The first kappa shape index (κ1) is 10.4. The van der Waals surface area contributed by atoms with E-state index in [-0.39, 0.29) is 35.0 Å². The normalized spacial score (nSPS) is 9.86. The molecule has 0 saturated carbocycles. The molecule has 0 aliphatic carbocycles. The van der Waals surface area contributed by atoms with Gasteiger partial charge in [0.15, 0.2) is 17.3 Å². The first-order chi connectivity index (χ1) is 6.60. The summed E-state index contributed by atoms with van der Waals surface area (Å²) in [5, 5.41) is 18.8. The van der Waals surface area contributed by atoms with E-state index in [9.17, 15) is 15.0 Å². The quantitative estimate of drug-likeness (QED) is 0.570. The molecule has 0 spiro atoms. The molecule has 4 nitrogen and oxygen atoms in total. The lowest BCUT2D eigenvalue weighted by Gasteiger charge is -2.07. The van der Waals surface area contributed by atoms with E-state index in [4.69, 9.17) is 4.74 Å². The van der Waals surface area contributed by atoms with E-state index < -0.39 is 0 Å². The third kappa shape index (κ3) is 1.79. The third-order valence-electron chi connectivity index (χ3n) is 1.92. The van der Waals surface area contributed by atoms with Crippen LogP contribution >= 0.6 is 0 Å². The van der Waals surface area contributed by atoms with Gasteiger partial charge in [0, 0.05) is 12.5 Å². The first-order valence-electron chi connectivity index (χ1n) is 4.23. The van der Waals surface area contributed by atoms with Gasteiger partial charge in [-0.15, -0.1) is 0 Å². The fourth-order valence-electron chi connectivity index (χ4n) is 1.13. The van der Waals surface area contributed by atoms with Gasteiger partial charge in [-0.2, -0.15) is 0 Å². The van der Waals surface area contributed by atoms with Crippen molar-refractivity contribution in [1.29, 1.82) is 0 Å². The van der Waals surface area contributed by atoms with Crippen molar-refractivity contribution in [1.82, 2.24) is 0 Å². The summed E-state index contributed by atoms with van der Waals surface area (Å²) in [4.78, 5) is 11.3. The molecule has 76 valence electrons. The number of hydrogen-bond acceptors (Lipinski definition) is 4. The number of methoxy groups -OCH3 is 1. The Hall–Kier alpha value is -1.71. The summed E-state index contributed by atoms with van der Waals surface area (Å²) in [7, 11) is 1.37. The van der Waals surface area contributed by atoms with Crippen molar-refractivity contribution in [2.45, 2.75) is 13.3 Å². The molecule has 1 aromatic carbocycles. The van der Waals surface area contributed by atoms with Gasteiger partial charge < -0.3 is 14.9 Å². The summed E-state index contributed by atoms with van der Waals surface area (Å²) < 4.78 is 4.77. The zero-order valence-corrected chi connectivity index (χ0v) is 8.07. The zero-order valence-electron chi connectivity index (χ0n) is 8.07. The lowest BCUT2D eigenvalue weighted by molar-refractivity contribution is 0.0985. The Labute approximate surface area is 81.8 Å². The number of benzene rings is 1. The maximum atomic E-state index is 11.3. The van der Waals surface area contributed by atoms with Crippen LogP contribution < -0.4 is 4.74 Å². The van der Waals surface area contributed by atoms with Crippen molar-refractivity contribution < 1.29 is 19.7 Å². The summed E-state index contributed by atoms with van der Waals surface area (Å²) in [6, 6.07) is 2.43. The number of carbonyl (C=O) groups is 1. The third-order valence-corrected chi connectivity index (χ3v) is 1.92. The van der Waals surface area contributed by atoms with Crippen LogP contribution in [0.25, 0.3) is 0 Å². The van der Waals surface area contributed by atoms with Crippen LogP contribution in [-0.4, -0.2) is 23.1 Å². The SMILES string of the molecule is CCC(=O)c1cc(O)c(OC)cc1O. The van der Waals surface area contributed by atoms with Gasteiger partial charge in [0.2, 0.25) is 0 Å². The minimum Gasteiger partial charge on any atom is -0.507 e. The van der Waals surface area contributed by atoms with Crippen LogP contribution in [0.3, 0.4) is 0 Å². The zero-order chi connectivity index (χ0) is 10.7. The van der Waals surface area contributed by atoms with Gasteiger partial charge in [-0.3, -0.25) is 4.79 Å². The van der Waals surface area contributed by atoms with Gasteiger partial charge in [-0.25, -0.2) is 0 Å². The van der Waals surface area contributed by atoms with Crippen molar-refractivity contribution in [2.75, 3.05) is 7.11 Å². The van der Waals surface area contributed by atoms with E-state index in [1.807, 2.05) is 0 Å². The molecular weight excluding hydrogens is 184 g/mol. The molecule has 0 saturated heterocycles. The van der Waals surface area contributed by atoms with Crippen LogP contribution in [-0.2, 0) is 0 Å². The van der Waals surface area contributed by atoms with E-state index in [1.165, 1.54) is 19.2 Å². The highest BCUT2D eigenvalue weighted by atomic mass is 16.5. The molecule has 1 aromatic rings. The van der Waals surface area contributed by atoms with Gasteiger partial charge in [0.25, 0.3) is 0 Å². The summed E-state index contributed by atoms with van der Waals surface area (Å²) in [5.74, 6) is -0.399. The first-order valence-corrected chi connectivity index (χ1v) is 4.23. The van der Waals surface area contributed by atoms with Crippen molar-refractivity contribution in [3.05, 3.63) is 17.7 Å². The second kappa shape index (κ2) is 4.00. The van der Waals surface area contributed by atoms with Gasteiger partial charge >= 0.3 is 0 Å². The number of hydrogen-bond donors (Lipinski definition) is 2. The number of carbonyl (C=O) groups excluding carboxylic acids is 1. The molecule has 0 unspecified atom stereocenters. The average Bonchev–Trinajstić information content (AvgIpc) is 2.19. The number of phenolic OH excluding ortho intramolecular Hbond substituents is 2. The van der Waals surface area contributed by atoms with E-state index in [0.29, 0.717) is 0 Å². The number of rotatable bonds is 3. The lowest BCUT2D eigenvalue weighted by atomic mass is 10.1. The highest BCUT2D eigenvalue weighted by molar-refractivity contribution is 5.99. The van der Waals surface area contributed by atoms with E-state index >= 15 is 0 Å². The molecule has 14 heavy (non-hydrogen) atoms. The van der Waals surface area contributed by atoms with Crippen LogP contribution in [0.2, 0.25) is 0 Å². The van der Waals surface area contributed by atoms with E-state index in [2.05, 4.69) is 0 Å². The predicted octanol–water partition coefficient (Wildman–Crippen LogP) is 1.70. The highest BCUT2D eigenvalue weighted by Crippen LogP contribution is 2.33. The molecular formula is C10H12O4. The summed E-state index contributed by atoms with van der Waals surface area (Å²) in [6.07, 6.45) is 0.277. The molecule has 0 fully saturated rings. The molecule has 4 heteroatoms. The molecule has 0 radical (unpaired) electrons.